The van der Waals surface area contributed by atoms with Crippen molar-refractivity contribution in [1.29, 1.82) is 0 Å². The number of β-lactam (4-membered cyclic amide) rings is 1. The van der Waals surface area contributed by atoms with E-state index in [9.17, 15) is 19.2 Å². The van der Waals surface area contributed by atoms with Gasteiger partial charge in [-0.25, -0.2) is 4.79 Å². The number of fused-ring (bicyclic) bond motifs is 1. The number of esters is 2. The molecule has 2 heterocycles. The molecule has 3 rings (SSSR count). The van der Waals surface area contributed by atoms with E-state index >= 15 is 0 Å². The minimum atomic E-state index is -0.909. The zero-order valence-corrected chi connectivity index (χ0v) is 25.1. The molecule has 0 spiro atoms. The Morgan fingerprint density at radius 1 is 1.18 bits per heavy atom. The number of nitrogens with one attached hydrogen (secondary N) is 1. The van der Waals surface area contributed by atoms with Gasteiger partial charge in [0.2, 0.25) is 0 Å². The molecule has 2 atom stereocenters. The van der Waals surface area contributed by atoms with E-state index in [2.05, 4.69) is 33.1 Å². The van der Waals surface area contributed by atoms with Crippen molar-refractivity contribution >= 4 is 63.8 Å². The van der Waals surface area contributed by atoms with Crippen LogP contribution in [0.4, 0.5) is 4.70 Å². The fraction of sp³-hybridized carbons (Fsp3) is 0.480. The van der Waals surface area contributed by atoms with Gasteiger partial charge in [-0.2, -0.15) is 0 Å². The van der Waals surface area contributed by atoms with Crippen LogP contribution >= 0.6 is 34.4 Å². The first kappa shape index (κ1) is 32.3. The van der Waals surface area contributed by atoms with Crippen LogP contribution in [0.2, 0.25) is 0 Å². The molecule has 2 amide bonds. The zero-order chi connectivity index (χ0) is 28.0. The Hall–Kier alpha value is -2.88. The molecule has 39 heavy (non-hydrogen) atoms. The smallest absolute Gasteiger partial charge is 0.355 e. The second-order valence-electron chi connectivity index (χ2n) is 9.35. The Morgan fingerprint density at radius 3 is 2.41 bits per heavy atom. The molecule has 14 heteroatoms. The molecule has 11 nitrogen and oxygen atoms in total. The molecule has 0 radical (unpaired) electrons. The molecule has 1 aromatic rings. The number of amides is 2. The highest BCUT2D eigenvalue weighted by atomic mass is 127. The summed E-state index contributed by atoms with van der Waals surface area (Å²) >= 11 is 3.57. The summed E-state index contributed by atoms with van der Waals surface area (Å²) in [6.07, 6.45) is -0.429. The Morgan fingerprint density at radius 2 is 1.85 bits per heavy atom. The fourth-order valence-corrected chi connectivity index (χ4v) is 6.06. The van der Waals surface area contributed by atoms with Crippen LogP contribution in [0.25, 0.3) is 0 Å². The highest BCUT2D eigenvalue weighted by Gasteiger charge is 2.54. The largest absolute Gasteiger partial charge is 0.497 e. The third-order valence-electron chi connectivity index (χ3n) is 5.41. The van der Waals surface area contributed by atoms with E-state index in [-0.39, 0.29) is 22.7 Å². The first-order valence-corrected chi connectivity index (χ1v) is 14.2. The van der Waals surface area contributed by atoms with E-state index in [1.807, 2.05) is 0 Å². The minimum Gasteiger partial charge on any atom is -0.497 e. The maximum absolute atomic E-state index is 13.1. The van der Waals surface area contributed by atoms with Crippen molar-refractivity contribution in [2.75, 3.05) is 24.4 Å². The minimum absolute atomic E-state index is 0. The van der Waals surface area contributed by atoms with Crippen LogP contribution in [0.15, 0.2) is 40.7 Å². The van der Waals surface area contributed by atoms with Gasteiger partial charge in [0.25, 0.3) is 11.8 Å². The van der Waals surface area contributed by atoms with Crippen LogP contribution in [-0.4, -0.2) is 75.8 Å². The van der Waals surface area contributed by atoms with E-state index in [1.54, 1.807) is 52.1 Å². The Balaban J connectivity index is 0.00000533. The molecular weight excluding hydrogens is 648 g/mol. The number of alkyl halides is 1. The van der Waals surface area contributed by atoms with E-state index in [0.29, 0.717) is 15.9 Å². The summed E-state index contributed by atoms with van der Waals surface area (Å²) in [6.45, 7) is 5.15. The lowest BCUT2D eigenvalue weighted by Crippen LogP contribution is -2.71. The van der Waals surface area contributed by atoms with Gasteiger partial charge in [-0.05, 0) is 44.0 Å². The van der Waals surface area contributed by atoms with Crippen molar-refractivity contribution in [1.82, 2.24) is 10.2 Å². The second kappa shape index (κ2) is 14.0. The molecule has 1 aromatic carbocycles. The lowest BCUT2D eigenvalue weighted by molar-refractivity contribution is -0.154. The maximum atomic E-state index is 13.1. The highest BCUT2D eigenvalue weighted by molar-refractivity contribution is 14.1. The topological polar surface area (TPSA) is 133 Å². The first-order valence-electron chi connectivity index (χ1n) is 11.6. The number of oxime groups is 1. The summed E-state index contributed by atoms with van der Waals surface area (Å²) in [5, 5.41) is 5.76. The number of ether oxygens (including phenoxy) is 3. The van der Waals surface area contributed by atoms with Crippen molar-refractivity contribution in [2.45, 2.75) is 50.8 Å². The number of hydrogen-bond acceptors (Lipinski definition) is 10. The average molecular weight is 680 g/mol. The number of nitrogens with zero attached hydrogens (tertiary/aromatic N) is 2. The lowest BCUT2D eigenvalue weighted by Gasteiger charge is -2.49. The zero-order valence-electron chi connectivity index (χ0n) is 22.1. The quantitative estimate of drug-likeness (QED) is 0.0991. The van der Waals surface area contributed by atoms with Crippen LogP contribution in [-0.2, 0) is 40.1 Å². The summed E-state index contributed by atoms with van der Waals surface area (Å²) in [5.74, 6) is -1.28. The summed E-state index contributed by atoms with van der Waals surface area (Å²) in [6, 6.07) is 6.20. The molecular formula is C25H31FIN3O8S. The van der Waals surface area contributed by atoms with Gasteiger partial charge in [0, 0.05) is 10.2 Å². The van der Waals surface area contributed by atoms with Gasteiger partial charge in [0.15, 0.2) is 5.71 Å². The summed E-state index contributed by atoms with van der Waals surface area (Å²) < 4.78 is 16.4. The molecule has 214 valence electrons. The maximum Gasteiger partial charge on any atom is 0.355 e. The van der Waals surface area contributed by atoms with Crippen molar-refractivity contribution in [3.63, 3.8) is 0 Å². The monoisotopic (exact) mass is 679 g/mol. The van der Waals surface area contributed by atoms with Crippen molar-refractivity contribution in [3.8, 4) is 5.75 Å². The van der Waals surface area contributed by atoms with Crippen molar-refractivity contribution < 1.29 is 42.9 Å². The molecule has 0 saturated carbocycles. The summed E-state index contributed by atoms with van der Waals surface area (Å²) in [4.78, 5) is 57.4. The lowest BCUT2D eigenvalue weighted by atomic mass is 10.0. The normalized spacial score (nSPS) is 18.8. The third-order valence-corrected chi connectivity index (χ3v) is 7.67. The molecule has 1 N–H and O–H groups in total. The number of rotatable bonds is 10. The average Bonchev–Trinajstić information content (AvgIpc) is 2.88. The Bertz CT molecular complexity index is 1150. The number of carbonyl (C=O) groups is 4. The Labute approximate surface area is 243 Å². The molecule has 2 aliphatic rings. The van der Waals surface area contributed by atoms with Gasteiger partial charge in [-0.3, -0.25) is 24.0 Å². The van der Waals surface area contributed by atoms with Gasteiger partial charge in [0.1, 0.15) is 42.2 Å². The molecule has 2 unspecified atom stereocenters. The van der Waals surface area contributed by atoms with Crippen LogP contribution in [0.5, 0.6) is 5.75 Å². The number of carbonyl (C=O) groups excluding carboxylic acids is 4. The number of methoxy groups -OCH3 is 1. The molecule has 1 saturated heterocycles. The second-order valence-corrected chi connectivity index (χ2v) is 11.2. The number of benzene rings is 1. The van der Waals surface area contributed by atoms with Gasteiger partial charge < -0.3 is 24.4 Å². The van der Waals surface area contributed by atoms with Crippen LogP contribution in [0.3, 0.4) is 0 Å². The van der Waals surface area contributed by atoms with Crippen molar-refractivity contribution in [2.24, 2.45) is 5.16 Å². The number of hydrogen-bond donors (Lipinski definition) is 1. The highest BCUT2D eigenvalue weighted by Crippen LogP contribution is 2.41. The van der Waals surface area contributed by atoms with E-state index in [4.69, 9.17) is 19.0 Å². The van der Waals surface area contributed by atoms with E-state index in [0.717, 1.165) is 11.1 Å². The molecule has 1 fully saturated rings. The summed E-state index contributed by atoms with van der Waals surface area (Å²) in [5.41, 5.74) is 0.780. The molecule has 0 aromatic heterocycles. The number of halogens is 2. The van der Waals surface area contributed by atoms with Crippen molar-refractivity contribution in [3.05, 3.63) is 41.1 Å². The van der Waals surface area contributed by atoms with Crippen LogP contribution in [0, 0.1) is 0 Å². The van der Waals surface area contributed by atoms with E-state index in [1.165, 1.54) is 23.8 Å². The first-order chi connectivity index (χ1) is 18.0. The van der Waals surface area contributed by atoms with Gasteiger partial charge in [-0.1, -0.05) is 39.9 Å². The van der Waals surface area contributed by atoms with Gasteiger partial charge in [0.05, 0.1) is 13.5 Å². The Kier molecular flexibility index (Phi) is 11.6. The summed E-state index contributed by atoms with van der Waals surface area (Å²) in [7, 11) is 2.81. The van der Waals surface area contributed by atoms with Gasteiger partial charge >= 0.3 is 11.9 Å². The molecule has 0 aliphatic carbocycles. The van der Waals surface area contributed by atoms with Crippen LogP contribution < -0.4 is 10.1 Å². The third kappa shape index (κ3) is 8.06. The van der Waals surface area contributed by atoms with Crippen LogP contribution in [0.1, 0.15) is 32.8 Å². The SMILES string of the molecule is CO/N=C(\CC(=O)OC(C)(C)C)C(=O)NC1C(=O)N2C(C(=O)OCc3ccc(OC)cc3)=C(CI)CSC12.F. The predicted molar refractivity (Wildman–Crippen MR) is 151 cm³/mol. The fourth-order valence-electron chi connectivity index (χ4n) is 3.72. The molecule has 0 bridgehead atoms. The molecule has 2 aliphatic heterocycles. The number of thioether (sulfide) groups is 1. The van der Waals surface area contributed by atoms with E-state index < -0.39 is 47.2 Å². The standard InChI is InChI=1S/C25H30IN3O8S.FH/c1-25(2,3)37-18(30)10-17(28-35-5)21(31)27-19-22(32)29-20(15(11-26)13-38-23(19)29)24(33)36-12-14-6-8-16(34-4)9-7-14;/h6-9,19,23H,10-13H2,1-5H3,(H,27,31);1H/b28-17+;. The van der Waals surface area contributed by atoms with Gasteiger partial charge in [-0.15, -0.1) is 11.8 Å². The predicted octanol–water partition coefficient (Wildman–Crippen LogP) is 2.71.